The first kappa shape index (κ1) is 15.6. The highest BCUT2D eigenvalue weighted by Gasteiger charge is 2.42. The lowest BCUT2D eigenvalue weighted by Crippen LogP contribution is -2.51. The van der Waals surface area contributed by atoms with E-state index in [1.807, 2.05) is 6.92 Å². The number of piperidine rings is 1. The number of nitrogens with zero attached hydrogens (tertiary/aromatic N) is 3. The molecule has 1 N–H and O–H groups in total. The largest absolute Gasteiger partial charge is 0.481 e. The second-order valence-electron chi connectivity index (χ2n) is 6.04. The summed E-state index contributed by atoms with van der Waals surface area (Å²) in [5.74, 6) is -0.749. The molecule has 116 valence electrons. The molecule has 1 aliphatic heterocycles. The molecule has 0 bridgehead atoms. The van der Waals surface area contributed by atoms with Gasteiger partial charge in [0.2, 0.25) is 0 Å². The van der Waals surface area contributed by atoms with Gasteiger partial charge in [0.1, 0.15) is 0 Å². The third-order valence-electron chi connectivity index (χ3n) is 4.82. The van der Waals surface area contributed by atoms with Crippen LogP contribution in [0.3, 0.4) is 0 Å². The van der Waals surface area contributed by atoms with Gasteiger partial charge in [-0.2, -0.15) is 5.26 Å². The molecule has 1 saturated carbocycles. The van der Waals surface area contributed by atoms with Gasteiger partial charge in [0, 0.05) is 25.7 Å². The van der Waals surface area contributed by atoms with E-state index in [4.69, 9.17) is 5.26 Å². The van der Waals surface area contributed by atoms with Crippen molar-refractivity contribution in [1.29, 1.82) is 5.26 Å². The number of aliphatic carboxylic acids is 1. The quantitative estimate of drug-likeness (QED) is 0.840. The number of urea groups is 1. The Hall–Kier alpha value is -1.77. The molecule has 0 aromatic rings. The average Bonchev–Trinajstić information content (AvgIpc) is 3.32. The SMILES string of the molecule is CCC1(C(=O)O)CCN(C(=O)N(CCC#N)C2CC2)CC1. The van der Waals surface area contributed by atoms with Gasteiger partial charge in [-0.05, 0) is 32.1 Å². The molecular formula is C15H23N3O3. The van der Waals surface area contributed by atoms with E-state index in [1.54, 1.807) is 9.80 Å². The minimum atomic E-state index is -0.749. The van der Waals surface area contributed by atoms with Crippen LogP contribution < -0.4 is 0 Å². The number of carbonyl (C=O) groups excluding carboxylic acids is 1. The van der Waals surface area contributed by atoms with Crippen LogP contribution in [0.2, 0.25) is 0 Å². The maximum absolute atomic E-state index is 12.5. The van der Waals surface area contributed by atoms with E-state index in [1.165, 1.54) is 0 Å². The Morgan fingerprint density at radius 2 is 2.00 bits per heavy atom. The number of hydrogen-bond acceptors (Lipinski definition) is 3. The van der Waals surface area contributed by atoms with Crippen molar-refractivity contribution in [3.8, 4) is 6.07 Å². The Morgan fingerprint density at radius 3 is 2.43 bits per heavy atom. The lowest BCUT2D eigenvalue weighted by atomic mass is 9.76. The van der Waals surface area contributed by atoms with E-state index < -0.39 is 11.4 Å². The van der Waals surface area contributed by atoms with Gasteiger partial charge in [-0.25, -0.2) is 4.79 Å². The molecule has 0 atom stereocenters. The molecule has 2 rings (SSSR count). The molecule has 2 aliphatic rings. The molecule has 0 aromatic heterocycles. The van der Waals surface area contributed by atoms with Gasteiger partial charge < -0.3 is 14.9 Å². The molecule has 0 aromatic carbocycles. The predicted octanol–water partition coefficient (Wildman–Crippen LogP) is 2.06. The van der Waals surface area contributed by atoms with Gasteiger partial charge in [0.15, 0.2) is 0 Å². The van der Waals surface area contributed by atoms with Crippen molar-refractivity contribution >= 4 is 12.0 Å². The predicted molar refractivity (Wildman–Crippen MR) is 76.5 cm³/mol. The summed E-state index contributed by atoms with van der Waals surface area (Å²) in [6.07, 6.45) is 4.01. The van der Waals surface area contributed by atoms with Gasteiger partial charge in [-0.3, -0.25) is 4.79 Å². The van der Waals surface area contributed by atoms with Crippen molar-refractivity contribution in [2.75, 3.05) is 19.6 Å². The smallest absolute Gasteiger partial charge is 0.320 e. The third-order valence-corrected chi connectivity index (χ3v) is 4.82. The van der Waals surface area contributed by atoms with Crippen LogP contribution in [0.15, 0.2) is 0 Å². The summed E-state index contributed by atoms with van der Waals surface area (Å²) in [4.78, 5) is 27.5. The minimum absolute atomic E-state index is 0.0251. The molecule has 1 heterocycles. The molecular weight excluding hydrogens is 270 g/mol. The van der Waals surface area contributed by atoms with E-state index in [-0.39, 0.29) is 12.1 Å². The molecule has 1 aliphatic carbocycles. The van der Waals surface area contributed by atoms with Crippen molar-refractivity contribution in [3.05, 3.63) is 0 Å². The second kappa shape index (κ2) is 6.33. The van der Waals surface area contributed by atoms with E-state index in [0.29, 0.717) is 45.3 Å². The fourth-order valence-electron chi connectivity index (χ4n) is 3.02. The lowest BCUT2D eigenvalue weighted by Gasteiger charge is -2.40. The minimum Gasteiger partial charge on any atom is -0.481 e. The Morgan fingerprint density at radius 1 is 1.38 bits per heavy atom. The number of hydrogen-bond donors (Lipinski definition) is 1. The summed E-state index contributed by atoms with van der Waals surface area (Å²) in [5.41, 5.74) is -0.673. The zero-order valence-corrected chi connectivity index (χ0v) is 12.5. The van der Waals surface area contributed by atoms with Gasteiger partial charge >= 0.3 is 12.0 Å². The van der Waals surface area contributed by atoms with Gasteiger partial charge in [0.05, 0.1) is 17.9 Å². The Balaban J connectivity index is 1.95. The van der Waals surface area contributed by atoms with Crippen LogP contribution in [0.5, 0.6) is 0 Å². The Bertz CT molecular complexity index is 446. The van der Waals surface area contributed by atoms with Crippen LogP contribution in [0.25, 0.3) is 0 Å². The lowest BCUT2D eigenvalue weighted by molar-refractivity contribution is -0.152. The van der Waals surface area contributed by atoms with Crippen LogP contribution >= 0.6 is 0 Å². The monoisotopic (exact) mass is 293 g/mol. The Labute approximate surface area is 125 Å². The van der Waals surface area contributed by atoms with Crippen molar-refractivity contribution in [2.24, 2.45) is 5.41 Å². The number of carboxylic acids is 1. The fraction of sp³-hybridized carbons (Fsp3) is 0.800. The number of carboxylic acid groups (broad SMARTS) is 1. The highest BCUT2D eigenvalue weighted by atomic mass is 16.4. The molecule has 6 heteroatoms. The van der Waals surface area contributed by atoms with Crippen molar-refractivity contribution in [1.82, 2.24) is 9.80 Å². The molecule has 21 heavy (non-hydrogen) atoms. The highest BCUT2D eigenvalue weighted by Crippen LogP contribution is 2.36. The van der Waals surface area contributed by atoms with Gasteiger partial charge in [0.25, 0.3) is 0 Å². The molecule has 1 saturated heterocycles. The summed E-state index contributed by atoms with van der Waals surface area (Å²) in [7, 11) is 0. The topological polar surface area (TPSA) is 84.6 Å². The molecule has 2 fully saturated rings. The first-order valence-corrected chi connectivity index (χ1v) is 7.70. The first-order chi connectivity index (χ1) is 10.0. The standard InChI is InChI=1S/C15H23N3O3/c1-2-15(13(19)20)6-10-17(11-7-15)14(21)18(9-3-8-16)12-4-5-12/h12H,2-7,9-11H2,1H3,(H,19,20). The summed E-state index contributed by atoms with van der Waals surface area (Å²) >= 11 is 0. The number of carbonyl (C=O) groups is 2. The maximum Gasteiger partial charge on any atom is 0.320 e. The van der Waals surface area contributed by atoms with E-state index >= 15 is 0 Å². The first-order valence-electron chi connectivity index (χ1n) is 7.70. The summed E-state index contributed by atoms with van der Waals surface area (Å²) in [6.45, 7) is 3.37. The molecule has 0 radical (unpaired) electrons. The normalized spacial score (nSPS) is 20.7. The van der Waals surface area contributed by atoms with Crippen molar-refractivity contribution in [2.45, 2.75) is 51.5 Å². The van der Waals surface area contributed by atoms with Crippen molar-refractivity contribution in [3.63, 3.8) is 0 Å². The van der Waals surface area contributed by atoms with Crippen LogP contribution in [0.1, 0.15) is 45.4 Å². The summed E-state index contributed by atoms with van der Waals surface area (Å²) in [5, 5.41) is 18.1. The van der Waals surface area contributed by atoms with Crippen LogP contribution in [-0.4, -0.2) is 52.6 Å². The van der Waals surface area contributed by atoms with E-state index in [2.05, 4.69) is 6.07 Å². The van der Waals surface area contributed by atoms with Crippen LogP contribution in [-0.2, 0) is 4.79 Å². The number of amides is 2. The highest BCUT2D eigenvalue weighted by molar-refractivity contribution is 5.77. The maximum atomic E-state index is 12.5. The molecule has 2 amide bonds. The third kappa shape index (κ3) is 3.29. The second-order valence-corrected chi connectivity index (χ2v) is 6.04. The van der Waals surface area contributed by atoms with E-state index in [9.17, 15) is 14.7 Å². The van der Waals surface area contributed by atoms with Gasteiger partial charge in [-0.1, -0.05) is 6.92 Å². The van der Waals surface area contributed by atoms with Crippen LogP contribution in [0.4, 0.5) is 4.79 Å². The fourth-order valence-corrected chi connectivity index (χ4v) is 3.02. The van der Waals surface area contributed by atoms with Crippen molar-refractivity contribution < 1.29 is 14.7 Å². The zero-order chi connectivity index (χ0) is 15.5. The average molecular weight is 293 g/mol. The summed E-state index contributed by atoms with van der Waals surface area (Å²) in [6, 6.07) is 2.34. The molecule has 0 unspecified atom stereocenters. The number of rotatable bonds is 5. The number of nitriles is 1. The summed E-state index contributed by atoms with van der Waals surface area (Å²) < 4.78 is 0. The van der Waals surface area contributed by atoms with E-state index in [0.717, 1.165) is 12.8 Å². The zero-order valence-electron chi connectivity index (χ0n) is 12.5. The Kier molecular flexibility index (Phi) is 4.71. The molecule has 6 nitrogen and oxygen atoms in total. The van der Waals surface area contributed by atoms with Crippen LogP contribution in [0, 0.1) is 16.7 Å². The van der Waals surface area contributed by atoms with Gasteiger partial charge in [-0.15, -0.1) is 0 Å². The number of likely N-dealkylation sites (tertiary alicyclic amines) is 1. The molecule has 0 spiro atoms.